The standard InChI is InChI=1S/C92H81BN4/c1-91(2,3)65-41-47-81-77(53-65)78-54-66(92(4,5)6)42-48-82(78)95(81)68-44-46-80-85(57-68)97(90-73(61-31-18-10-19-32-61)38-24-39-74(90)62-33-20-11-21-34-62)87-51-63(58-25-12-7-13-26-58)50-86-88(87)93(80)79-45-43-67(94-69-49-64-52-83(94)75-40-22-35-70(64)76(75)55-69)56-84(79)96(86)89-71(59-27-14-8-15-28-59)36-23-37-72(89)60-29-16-9-17-30-60/h7-21,23-34,36-39,41-48,50-51,53-54,56-57,64,69-70,75-76,83H,22,35,40,49,52,55H2,1-6H3. The predicted molar refractivity (Wildman–Crippen MR) is 411 cm³/mol. The second kappa shape index (κ2) is 22.2. The molecule has 0 radical (unpaired) electrons. The van der Waals surface area contributed by atoms with E-state index in [0.717, 1.165) is 35.0 Å². The van der Waals surface area contributed by atoms with Crippen molar-refractivity contribution in [1.82, 2.24) is 4.57 Å². The minimum atomic E-state index is -0.155. The second-order valence-corrected chi connectivity index (χ2v) is 31.1. The molecular weight excluding hydrogens is 1170 g/mol. The van der Waals surface area contributed by atoms with Crippen LogP contribution in [-0.2, 0) is 10.8 Å². The van der Waals surface area contributed by atoms with Gasteiger partial charge in [0, 0.05) is 79.2 Å². The van der Waals surface area contributed by atoms with Crippen LogP contribution in [0.5, 0.6) is 0 Å². The van der Waals surface area contributed by atoms with Gasteiger partial charge in [-0.3, -0.25) is 0 Å². The lowest BCUT2D eigenvalue weighted by Crippen LogP contribution is -2.66. The summed E-state index contributed by atoms with van der Waals surface area (Å²) in [7, 11) is 0. The molecule has 6 unspecified atom stereocenters. The Balaban J connectivity index is 0.952. The molecule has 0 spiro atoms. The number of rotatable bonds is 9. The van der Waals surface area contributed by atoms with Gasteiger partial charge in [0.25, 0.3) is 6.71 Å². The smallest absolute Gasteiger partial charge is 0.252 e. The van der Waals surface area contributed by atoms with Crippen molar-refractivity contribution in [3.8, 4) is 61.3 Å². The van der Waals surface area contributed by atoms with E-state index < -0.39 is 0 Å². The average molecular weight is 1250 g/mol. The van der Waals surface area contributed by atoms with E-state index in [2.05, 4.69) is 334 Å². The van der Waals surface area contributed by atoms with Gasteiger partial charge in [-0.15, -0.1) is 0 Å². The first-order valence-corrected chi connectivity index (χ1v) is 35.9. The molecule has 3 aliphatic carbocycles. The highest BCUT2D eigenvalue weighted by Gasteiger charge is 2.58. The first-order valence-electron chi connectivity index (χ1n) is 35.9. The molecule has 5 heterocycles. The van der Waals surface area contributed by atoms with Crippen molar-refractivity contribution in [3.05, 3.63) is 284 Å². The Morgan fingerprint density at radius 2 is 0.784 bits per heavy atom. The summed E-state index contributed by atoms with van der Waals surface area (Å²) >= 11 is 0. The van der Waals surface area contributed by atoms with Crippen molar-refractivity contribution >= 4 is 84.7 Å². The number of anilines is 7. The topological polar surface area (TPSA) is 14.7 Å². The number of benzene rings is 12. The number of hydrogen-bond acceptors (Lipinski definition) is 3. The normalized spacial score (nSPS) is 19.7. The molecule has 6 atom stereocenters. The van der Waals surface area contributed by atoms with Crippen LogP contribution in [0.2, 0.25) is 0 Å². The summed E-state index contributed by atoms with van der Waals surface area (Å²) in [5.41, 5.74) is 30.4. The highest BCUT2D eigenvalue weighted by molar-refractivity contribution is 7.00. The fraction of sp³-hybridized carbons (Fsp3) is 0.217. The summed E-state index contributed by atoms with van der Waals surface area (Å²) < 4.78 is 2.58. The molecule has 6 bridgehead atoms. The molecule has 5 fully saturated rings. The molecule has 0 N–H and O–H groups in total. The Morgan fingerprint density at radius 3 is 1.25 bits per heavy atom. The number of hydrogen-bond donors (Lipinski definition) is 0. The Kier molecular flexibility index (Phi) is 13.4. The Labute approximate surface area is 572 Å². The zero-order chi connectivity index (χ0) is 65.0. The molecule has 2 saturated heterocycles. The summed E-state index contributed by atoms with van der Waals surface area (Å²) in [6, 6.07) is 106. The maximum absolute atomic E-state index is 3.00. The van der Waals surface area contributed by atoms with Gasteiger partial charge in [-0.05, 0) is 188 Å². The van der Waals surface area contributed by atoms with E-state index in [1.54, 1.807) is 0 Å². The molecule has 12 aromatic carbocycles. The minimum Gasteiger partial charge on any atom is -0.365 e. The molecule has 472 valence electrons. The highest BCUT2D eigenvalue weighted by atomic mass is 15.2. The number of aromatic nitrogens is 1. The van der Waals surface area contributed by atoms with Crippen molar-refractivity contribution < 1.29 is 0 Å². The van der Waals surface area contributed by atoms with E-state index in [-0.39, 0.29) is 17.5 Å². The highest BCUT2D eigenvalue weighted by Crippen LogP contribution is 2.62. The molecule has 13 aromatic rings. The SMILES string of the molecule is CC(C)(C)c1ccc2c(c1)c1cc(C(C)(C)C)ccc1n2-c1ccc2c(c1)N(c1c(-c3ccccc3)cccc1-c1ccccc1)c1cc(-c3ccccc3)cc3c1B2c1ccc(N2C4CC5CC2C2CCCC5C2C4)cc1N3c1c(-c2ccccc2)cccc1-c1ccccc1. The summed E-state index contributed by atoms with van der Waals surface area (Å²) in [5, 5.41) is 2.57. The molecule has 4 nitrogen and oxygen atoms in total. The molecule has 3 saturated carbocycles. The van der Waals surface area contributed by atoms with Crippen LogP contribution in [0.25, 0.3) is 83.1 Å². The van der Waals surface area contributed by atoms with Crippen molar-refractivity contribution in [2.24, 2.45) is 23.7 Å². The molecular formula is C92H81BN4. The lowest BCUT2D eigenvalue weighted by atomic mass is 9.33. The quantitative estimate of drug-likeness (QED) is 0.134. The summed E-state index contributed by atoms with van der Waals surface area (Å²) in [5.74, 6) is 3.42. The van der Waals surface area contributed by atoms with Crippen LogP contribution in [-0.4, -0.2) is 23.4 Å². The molecule has 1 aromatic heterocycles. The summed E-state index contributed by atoms with van der Waals surface area (Å²) in [4.78, 5) is 8.49. The van der Waals surface area contributed by atoms with Crippen molar-refractivity contribution in [2.75, 3.05) is 14.7 Å². The van der Waals surface area contributed by atoms with Crippen LogP contribution in [0, 0.1) is 23.7 Å². The molecule has 0 amide bonds. The van der Waals surface area contributed by atoms with Gasteiger partial charge in [0.05, 0.1) is 22.4 Å². The molecule has 4 aliphatic heterocycles. The fourth-order valence-corrected chi connectivity index (χ4v) is 19.4. The van der Waals surface area contributed by atoms with Gasteiger partial charge < -0.3 is 19.3 Å². The first-order chi connectivity index (χ1) is 47.4. The molecule has 7 aliphatic rings. The van der Waals surface area contributed by atoms with Gasteiger partial charge in [-0.2, -0.15) is 0 Å². The summed E-state index contributed by atoms with van der Waals surface area (Å²) in [6.07, 6.45) is 8.16. The second-order valence-electron chi connectivity index (χ2n) is 31.1. The third kappa shape index (κ3) is 9.23. The lowest BCUT2D eigenvalue weighted by Gasteiger charge is -2.66. The van der Waals surface area contributed by atoms with E-state index in [1.165, 1.54) is 178 Å². The van der Waals surface area contributed by atoms with Crippen molar-refractivity contribution in [2.45, 2.75) is 103 Å². The van der Waals surface area contributed by atoms with E-state index >= 15 is 0 Å². The zero-order valence-electron chi connectivity index (χ0n) is 56.6. The van der Waals surface area contributed by atoms with E-state index in [4.69, 9.17) is 0 Å². The summed E-state index contributed by atoms with van der Waals surface area (Å²) in [6.45, 7) is 13.9. The lowest BCUT2D eigenvalue weighted by molar-refractivity contribution is -0.0593. The Morgan fingerprint density at radius 1 is 0.351 bits per heavy atom. The van der Waals surface area contributed by atoms with Gasteiger partial charge in [-0.1, -0.05) is 260 Å². The van der Waals surface area contributed by atoms with Crippen LogP contribution in [0.3, 0.4) is 0 Å². The Hall–Kier alpha value is -10.1. The zero-order valence-corrected chi connectivity index (χ0v) is 56.6. The average Bonchev–Trinajstić information content (AvgIpc) is 1.07. The van der Waals surface area contributed by atoms with Crippen molar-refractivity contribution in [1.29, 1.82) is 0 Å². The van der Waals surface area contributed by atoms with Gasteiger partial charge in [0.2, 0.25) is 0 Å². The third-order valence-electron chi connectivity index (χ3n) is 23.7. The van der Waals surface area contributed by atoms with Gasteiger partial charge in [0.1, 0.15) is 0 Å². The number of fused-ring (bicyclic) bond motifs is 7. The minimum absolute atomic E-state index is 0.0323. The number of para-hydroxylation sites is 2. The fourth-order valence-electron chi connectivity index (χ4n) is 19.4. The third-order valence-corrected chi connectivity index (χ3v) is 23.7. The molecule has 20 rings (SSSR count). The Bertz CT molecular complexity index is 5070. The maximum atomic E-state index is 3.00. The molecule has 5 heteroatoms. The van der Waals surface area contributed by atoms with Crippen LogP contribution >= 0.6 is 0 Å². The van der Waals surface area contributed by atoms with E-state index in [9.17, 15) is 0 Å². The largest absolute Gasteiger partial charge is 0.365 e. The number of nitrogens with zero attached hydrogens (tertiary/aromatic N) is 4. The van der Waals surface area contributed by atoms with Crippen molar-refractivity contribution in [3.63, 3.8) is 0 Å². The van der Waals surface area contributed by atoms with Gasteiger partial charge in [0.15, 0.2) is 0 Å². The van der Waals surface area contributed by atoms with E-state index in [1.807, 2.05) is 0 Å². The van der Waals surface area contributed by atoms with Crippen LogP contribution in [0.1, 0.15) is 91.2 Å². The molecule has 97 heavy (non-hydrogen) atoms. The predicted octanol–water partition coefficient (Wildman–Crippen LogP) is 22.2. The monoisotopic (exact) mass is 1250 g/mol. The van der Waals surface area contributed by atoms with Crippen LogP contribution in [0.4, 0.5) is 39.8 Å². The van der Waals surface area contributed by atoms with Crippen LogP contribution < -0.4 is 31.1 Å². The van der Waals surface area contributed by atoms with E-state index in [0.29, 0.717) is 12.1 Å². The van der Waals surface area contributed by atoms with Gasteiger partial charge in [-0.25, -0.2) is 0 Å². The first kappa shape index (κ1) is 58.3. The maximum Gasteiger partial charge on any atom is 0.252 e. The van der Waals surface area contributed by atoms with Crippen LogP contribution in [0.15, 0.2) is 273 Å². The number of piperidine rings is 2. The van der Waals surface area contributed by atoms with Gasteiger partial charge >= 0.3 is 0 Å².